The molecule has 4 N–H and O–H groups in total. The maximum absolute atomic E-state index is 6.06. The highest BCUT2D eigenvalue weighted by Gasteiger charge is 2.26. The van der Waals surface area contributed by atoms with E-state index in [0.717, 1.165) is 52.6 Å². The number of nitrogens with two attached hydrogens (primary N) is 1. The first kappa shape index (κ1) is 18.7. The van der Waals surface area contributed by atoms with E-state index in [9.17, 15) is 0 Å². The number of imidazole rings is 1. The first-order chi connectivity index (χ1) is 15.3. The van der Waals surface area contributed by atoms with E-state index in [4.69, 9.17) is 10.7 Å². The summed E-state index contributed by atoms with van der Waals surface area (Å²) < 4.78 is 0. The lowest BCUT2D eigenvalue weighted by molar-refractivity contribution is 0.141. The van der Waals surface area contributed by atoms with Gasteiger partial charge in [0, 0.05) is 30.2 Å². The van der Waals surface area contributed by atoms with Crippen LogP contribution in [0.25, 0.3) is 33.5 Å². The van der Waals surface area contributed by atoms with Gasteiger partial charge in [-0.05, 0) is 63.0 Å². The quantitative estimate of drug-likeness (QED) is 0.438. The number of anilines is 2. The zero-order valence-corrected chi connectivity index (χ0v) is 17.8. The molecule has 2 aliphatic heterocycles. The molecular formula is C24H29N7. The van der Waals surface area contributed by atoms with Crippen LogP contribution >= 0.6 is 0 Å². The van der Waals surface area contributed by atoms with Crippen LogP contribution in [-0.4, -0.2) is 57.3 Å². The molecule has 0 spiro atoms. The molecule has 0 amide bonds. The average molecular weight is 416 g/mol. The molecule has 0 bridgehead atoms. The van der Waals surface area contributed by atoms with Crippen LogP contribution in [0, 0.1) is 0 Å². The fraction of sp³-hybridized carbons (Fsp3) is 0.417. The Balaban J connectivity index is 1.23. The number of nitrogens with one attached hydrogen (secondary N) is 2. The van der Waals surface area contributed by atoms with E-state index in [0.29, 0.717) is 5.69 Å². The van der Waals surface area contributed by atoms with E-state index in [1.54, 1.807) is 0 Å². The average Bonchev–Trinajstić information content (AvgIpc) is 3.44. The van der Waals surface area contributed by atoms with Crippen molar-refractivity contribution in [3.05, 3.63) is 36.4 Å². The third kappa shape index (κ3) is 3.33. The van der Waals surface area contributed by atoms with E-state index in [1.165, 1.54) is 50.9 Å². The summed E-state index contributed by atoms with van der Waals surface area (Å²) in [6.45, 7) is 4.83. The van der Waals surface area contributed by atoms with Gasteiger partial charge in [0.15, 0.2) is 5.82 Å². The van der Waals surface area contributed by atoms with Crippen LogP contribution < -0.4 is 10.6 Å². The Morgan fingerprint density at radius 3 is 2.65 bits per heavy atom. The molecule has 160 valence electrons. The van der Waals surface area contributed by atoms with Crippen LogP contribution in [-0.2, 0) is 0 Å². The maximum atomic E-state index is 6.06. The fourth-order valence-electron chi connectivity index (χ4n) is 5.33. The van der Waals surface area contributed by atoms with Gasteiger partial charge < -0.3 is 20.5 Å². The number of nitrogen functional groups attached to an aromatic ring is 1. The topological polar surface area (TPSA) is 89.9 Å². The molecule has 4 heterocycles. The van der Waals surface area contributed by atoms with Gasteiger partial charge >= 0.3 is 0 Å². The summed E-state index contributed by atoms with van der Waals surface area (Å²) in [6, 6.07) is 13.2. The molecule has 0 atom stereocenters. The van der Waals surface area contributed by atoms with Crippen molar-refractivity contribution in [1.82, 2.24) is 25.1 Å². The normalized spacial score (nSPS) is 18.9. The summed E-state index contributed by atoms with van der Waals surface area (Å²) in [4.78, 5) is 13.5. The van der Waals surface area contributed by atoms with Crippen LogP contribution in [0.5, 0.6) is 0 Å². The smallest absolute Gasteiger partial charge is 0.157 e. The summed E-state index contributed by atoms with van der Waals surface area (Å²) in [7, 11) is 0. The van der Waals surface area contributed by atoms with Gasteiger partial charge in [0.2, 0.25) is 0 Å². The molecule has 2 aromatic carbocycles. The molecule has 7 heteroatoms. The maximum Gasteiger partial charge on any atom is 0.157 e. The third-order valence-electron chi connectivity index (χ3n) is 7.06. The first-order valence-electron chi connectivity index (χ1n) is 11.5. The number of fused-ring (bicyclic) bond motifs is 2. The number of aromatic nitrogens is 4. The van der Waals surface area contributed by atoms with E-state index >= 15 is 0 Å². The number of H-pyrrole nitrogens is 2. The summed E-state index contributed by atoms with van der Waals surface area (Å²) in [5, 5.41) is 8.47. The van der Waals surface area contributed by atoms with Gasteiger partial charge in [0.25, 0.3) is 0 Å². The van der Waals surface area contributed by atoms with Gasteiger partial charge in [-0.25, -0.2) is 4.98 Å². The van der Waals surface area contributed by atoms with E-state index in [-0.39, 0.29) is 0 Å². The first-order valence-corrected chi connectivity index (χ1v) is 11.5. The van der Waals surface area contributed by atoms with Crippen molar-refractivity contribution >= 4 is 33.3 Å². The largest absolute Gasteiger partial charge is 0.397 e. The van der Waals surface area contributed by atoms with Gasteiger partial charge in [0.05, 0.1) is 16.7 Å². The molecule has 0 saturated carbocycles. The minimum Gasteiger partial charge on any atom is -0.397 e. The second-order valence-corrected chi connectivity index (χ2v) is 8.94. The second kappa shape index (κ2) is 7.57. The van der Waals surface area contributed by atoms with Crippen molar-refractivity contribution < 1.29 is 0 Å². The summed E-state index contributed by atoms with van der Waals surface area (Å²) in [5.41, 5.74) is 11.7. The predicted octanol–water partition coefficient (Wildman–Crippen LogP) is 4.14. The number of aromatic amines is 2. The Hall–Kier alpha value is -3.06. The number of nitrogens with zero attached hydrogens (tertiary/aromatic N) is 4. The van der Waals surface area contributed by atoms with E-state index in [1.807, 2.05) is 18.2 Å². The van der Waals surface area contributed by atoms with Crippen LogP contribution in [0.15, 0.2) is 36.4 Å². The van der Waals surface area contributed by atoms with Gasteiger partial charge in [-0.1, -0.05) is 18.6 Å². The highest BCUT2D eigenvalue weighted by Crippen LogP contribution is 2.31. The monoisotopic (exact) mass is 415 g/mol. The number of benzene rings is 2. The Morgan fingerprint density at radius 1 is 0.968 bits per heavy atom. The Bertz CT molecular complexity index is 1210. The molecule has 6 rings (SSSR count). The van der Waals surface area contributed by atoms with Gasteiger partial charge in [-0.15, -0.1) is 0 Å². The molecule has 4 aromatic rings. The fourth-order valence-corrected chi connectivity index (χ4v) is 5.33. The molecule has 0 aliphatic carbocycles. The zero-order valence-electron chi connectivity index (χ0n) is 17.8. The molecule has 0 radical (unpaired) electrons. The summed E-state index contributed by atoms with van der Waals surface area (Å²) >= 11 is 0. The Labute approximate surface area is 181 Å². The molecule has 0 unspecified atom stereocenters. The number of likely N-dealkylation sites (tertiary alicyclic amines) is 1. The summed E-state index contributed by atoms with van der Waals surface area (Å²) in [6.07, 6.45) is 6.67. The Kier molecular flexibility index (Phi) is 4.56. The van der Waals surface area contributed by atoms with Gasteiger partial charge in [-0.3, -0.25) is 5.10 Å². The molecule has 7 nitrogen and oxygen atoms in total. The van der Waals surface area contributed by atoms with Crippen molar-refractivity contribution in [2.24, 2.45) is 0 Å². The molecule has 31 heavy (non-hydrogen) atoms. The van der Waals surface area contributed by atoms with Gasteiger partial charge in [0.1, 0.15) is 11.2 Å². The highest BCUT2D eigenvalue weighted by atomic mass is 15.2. The van der Waals surface area contributed by atoms with Crippen molar-refractivity contribution in [2.75, 3.05) is 36.8 Å². The zero-order chi connectivity index (χ0) is 20.8. The van der Waals surface area contributed by atoms with Crippen LogP contribution in [0.1, 0.15) is 32.1 Å². The number of para-hydroxylation sites is 1. The lowest BCUT2D eigenvalue weighted by Gasteiger charge is -2.41. The number of hydrogen-bond donors (Lipinski definition) is 3. The third-order valence-corrected chi connectivity index (χ3v) is 7.06. The molecule has 2 fully saturated rings. The van der Waals surface area contributed by atoms with Crippen LogP contribution in [0.4, 0.5) is 11.4 Å². The highest BCUT2D eigenvalue weighted by molar-refractivity contribution is 5.98. The van der Waals surface area contributed by atoms with Crippen molar-refractivity contribution in [2.45, 2.75) is 38.1 Å². The number of rotatable bonds is 3. The molecule has 2 aromatic heterocycles. The predicted molar refractivity (Wildman–Crippen MR) is 126 cm³/mol. The van der Waals surface area contributed by atoms with Gasteiger partial charge in [-0.2, -0.15) is 5.10 Å². The van der Waals surface area contributed by atoms with Crippen LogP contribution in [0.3, 0.4) is 0 Å². The van der Waals surface area contributed by atoms with E-state index in [2.05, 4.69) is 43.2 Å². The Morgan fingerprint density at radius 2 is 1.81 bits per heavy atom. The molecular weight excluding hydrogens is 386 g/mol. The molecule has 2 saturated heterocycles. The second-order valence-electron chi connectivity index (χ2n) is 8.94. The number of piperidine rings is 2. The standard InChI is InChI=1S/C24H29N7/c25-19-6-4-5-18-22(19)28-29-23(18)24-26-20-8-7-17(15-21(20)27-24)31-13-9-16(10-14-31)30-11-2-1-3-12-30/h4-8,15-16H,1-3,9-14,25H2,(H,26,27)(H,28,29). The van der Waals surface area contributed by atoms with E-state index < -0.39 is 0 Å². The number of hydrogen-bond acceptors (Lipinski definition) is 5. The van der Waals surface area contributed by atoms with Crippen LogP contribution in [0.2, 0.25) is 0 Å². The van der Waals surface area contributed by atoms with Crippen molar-refractivity contribution in [3.8, 4) is 11.5 Å². The lowest BCUT2D eigenvalue weighted by Crippen LogP contribution is -2.46. The minimum atomic E-state index is 0.673. The molecule has 2 aliphatic rings. The van der Waals surface area contributed by atoms with Crippen molar-refractivity contribution in [1.29, 1.82) is 0 Å². The summed E-state index contributed by atoms with van der Waals surface area (Å²) in [5.74, 6) is 0.795. The van der Waals surface area contributed by atoms with Crippen molar-refractivity contribution in [3.63, 3.8) is 0 Å². The minimum absolute atomic E-state index is 0.673. The lowest BCUT2D eigenvalue weighted by atomic mass is 9.99. The SMILES string of the molecule is Nc1cccc2c(-c3nc4ccc(N5CCC(N6CCCCC6)CC5)cc4[nH]3)[nH]nc12.